The van der Waals surface area contributed by atoms with Crippen molar-refractivity contribution in [3.8, 4) is 0 Å². The van der Waals surface area contributed by atoms with Crippen LogP contribution in [0.4, 0.5) is 4.39 Å². The number of nitrogens with one attached hydrogen (secondary N) is 1. The second-order valence-electron chi connectivity index (χ2n) is 6.75. The van der Waals surface area contributed by atoms with Crippen LogP contribution in [0.1, 0.15) is 31.9 Å². The molecule has 2 N–H and O–H groups in total. The van der Waals surface area contributed by atoms with E-state index in [4.69, 9.17) is 5.11 Å². The number of nitrogens with zero attached hydrogens (tertiary/aromatic N) is 2. The maximum atomic E-state index is 13.5. The molecule has 0 atom stereocenters. The molecule has 0 aliphatic carbocycles. The monoisotopic (exact) mass is 371 g/mol. The SMILES string of the molecule is CCNC(=NCc1ccc(F)c(CO)c1)N1CCS(=O)(=O)C(C)(C)C1. The molecular formula is C17H26FN3O3S. The Morgan fingerprint density at radius 3 is 2.76 bits per heavy atom. The van der Waals surface area contributed by atoms with Gasteiger partial charge in [0.1, 0.15) is 5.82 Å². The summed E-state index contributed by atoms with van der Waals surface area (Å²) in [7, 11) is -3.12. The van der Waals surface area contributed by atoms with Crippen LogP contribution in [0.5, 0.6) is 0 Å². The average molecular weight is 371 g/mol. The van der Waals surface area contributed by atoms with Crippen molar-refractivity contribution >= 4 is 15.8 Å². The standard InChI is InChI=1S/C17H26FN3O3S/c1-4-19-16(21-7-8-25(23,24)17(2,3)12-21)20-10-13-5-6-15(18)14(9-13)11-22/h5-6,9,22H,4,7-8,10-12H2,1-3H3,(H,19,20). The van der Waals surface area contributed by atoms with Crippen molar-refractivity contribution in [2.24, 2.45) is 4.99 Å². The highest BCUT2D eigenvalue weighted by Gasteiger charge is 2.40. The van der Waals surface area contributed by atoms with Crippen molar-refractivity contribution in [2.75, 3.05) is 25.4 Å². The molecule has 1 aromatic carbocycles. The molecule has 0 bridgehead atoms. The van der Waals surface area contributed by atoms with Gasteiger partial charge in [0.2, 0.25) is 0 Å². The number of aliphatic hydroxyl groups excluding tert-OH is 1. The van der Waals surface area contributed by atoms with Crippen molar-refractivity contribution in [3.05, 3.63) is 35.1 Å². The Morgan fingerprint density at radius 1 is 1.44 bits per heavy atom. The third-order valence-corrected chi connectivity index (χ3v) is 6.90. The fourth-order valence-corrected chi connectivity index (χ4v) is 4.13. The molecule has 1 aliphatic rings. The summed E-state index contributed by atoms with van der Waals surface area (Å²) in [5.74, 6) is 0.292. The van der Waals surface area contributed by atoms with Crippen molar-refractivity contribution in [3.63, 3.8) is 0 Å². The lowest BCUT2D eigenvalue weighted by molar-refractivity contribution is 0.275. The second-order valence-corrected chi connectivity index (χ2v) is 9.50. The van der Waals surface area contributed by atoms with Crippen LogP contribution in [0.15, 0.2) is 23.2 Å². The first-order valence-corrected chi connectivity index (χ1v) is 9.99. The van der Waals surface area contributed by atoms with Crippen LogP contribution in [0.3, 0.4) is 0 Å². The number of guanidine groups is 1. The summed E-state index contributed by atoms with van der Waals surface area (Å²) in [4.78, 5) is 6.50. The molecule has 8 heteroatoms. The Bertz CT molecular complexity index is 748. The molecule has 0 aromatic heterocycles. The normalized spacial score (nSPS) is 19.7. The van der Waals surface area contributed by atoms with Crippen molar-refractivity contribution in [1.29, 1.82) is 0 Å². The quantitative estimate of drug-likeness (QED) is 0.616. The zero-order chi connectivity index (χ0) is 18.7. The number of aliphatic hydroxyl groups is 1. The molecule has 1 fully saturated rings. The second kappa shape index (κ2) is 7.70. The number of benzene rings is 1. The molecule has 0 radical (unpaired) electrons. The highest BCUT2D eigenvalue weighted by atomic mass is 32.2. The number of hydrogen-bond acceptors (Lipinski definition) is 4. The lowest BCUT2D eigenvalue weighted by atomic mass is 10.1. The molecule has 140 valence electrons. The van der Waals surface area contributed by atoms with E-state index in [1.165, 1.54) is 6.07 Å². The lowest BCUT2D eigenvalue weighted by Gasteiger charge is -2.39. The predicted molar refractivity (Wildman–Crippen MR) is 96.6 cm³/mol. The summed E-state index contributed by atoms with van der Waals surface area (Å²) >= 11 is 0. The highest BCUT2D eigenvalue weighted by Crippen LogP contribution is 2.23. The smallest absolute Gasteiger partial charge is 0.194 e. The summed E-state index contributed by atoms with van der Waals surface area (Å²) < 4.78 is 37.0. The van der Waals surface area contributed by atoms with Crippen molar-refractivity contribution in [2.45, 2.75) is 38.7 Å². The highest BCUT2D eigenvalue weighted by molar-refractivity contribution is 7.92. The molecule has 25 heavy (non-hydrogen) atoms. The number of sulfone groups is 1. The lowest BCUT2D eigenvalue weighted by Crippen LogP contribution is -2.57. The molecule has 0 saturated carbocycles. The Kier molecular flexibility index (Phi) is 6.05. The fourth-order valence-electron chi connectivity index (χ4n) is 2.76. The van der Waals surface area contributed by atoms with Crippen LogP contribution in [0.25, 0.3) is 0 Å². The van der Waals surface area contributed by atoms with E-state index >= 15 is 0 Å². The van der Waals surface area contributed by atoms with Gasteiger partial charge in [-0.25, -0.2) is 17.8 Å². The fraction of sp³-hybridized carbons (Fsp3) is 0.588. The van der Waals surface area contributed by atoms with Gasteiger partial charge in [0.05, 0.1) is 23.7 Å². The first-order chi connectivity index (χ1) is 11.7. The first-order valence-electron chi connectivity index (χ1n) is 8.34. The zero-order valence-corrected chi connectivity index (χ0v) is 15.7. The minimum Gasteiger partial charge on any atom is -0.392 e. The van der Waals surface area contributed by atoms with Crippen LogP contribution in [0.2, 0.25) is 0 Å². The maximum absolute atomic E-state index is 13.5. The van der Waals surface area contributed by atoms with Gasteiger partial charge >= 0.3 is 0 Å². The van der Waals surface area contributed by atoms with E-state index in [1.807, 2.05) is 11.8 Å². The van der Waals surface area contributed by atoms with Crippen LogP contribution in [0, 0.1) is 5.82 Å². The minimum absolute atomic E-state index is 0.0929. The van der Waals surface area contributed by atoms with E-state index in [1.54, 1.807) is 26.0 Å². The number of rotatable bonds is 4. The van der Waals surface area contributed by atoms with Gasteiger partial charge in [-0.1, -0.05) is 6.07 Å². The van der Waals surface area contributed by atoms with E-state index in [-0.39, 0.29) is 17.9 Å². The third-order valence-electron chi connectivity index (χ3n) is 4.37. The van der Waals surface area contributed by atoms with Gasteiger partial charge in [-0.15, -0.1) is 0 Å². The van der Waals surface area contributed by atoms with Gasteiger partial charge in [-0.05, 0) is 38.5 Å². The Morgan fingerprint density at radius 2 is 2.16 bits per heavy atom. The Labute approximate surface area is 148 Å². The molecule has 1 aliphatic heterocycles. The zero-order valence-electron chi connectivity index (χ0n) is 14.9. The predicted octanol–water partition coefficient (Wildman–Crippen LogP) is 1.29. The molecular weight excluding hydrogens is 345 g/mol. The molecule has 0 spiro atoms. The largest absolute Gasteiger partial charge is 0.392 e. The van der Waals surface area contributed by atoms with Crippen molar-refractivity contribution < 1.29 is 17.9 Å². The van der Waals surface area contributed by atoms with E-state index in [2.05, 4.69) is 10.3 Å². The molecule has 0 amide bonds. The Balaban J connectivity index is 2.19. The number of hydrogen-bond donors (Lipinski definition) is 2. The van der Waals surface area contributed by atoms with Crippen LogP contribution in [-0.4, -0.2) is 54.5 Å². The van der Waals surface area contributed by atoms with E-state index in [0.29, 0.717) is 32.1 Å². The molecule has 0 unspecified atom stereocenters. The van der Waals surface area contributed by atoms with Gasteiger partial charge in [0.15, 0.2) is 15.8 Å². The summed E-state index contributed by atoms with van der Waals surface area (Å²) in [6.07, 6.45) is 0. The summed E-state index contributed by atoms with van der Waals surface area (Å²) in [5, 5.41) is 12.3. The Hall–Kier alpha value is -1.67. The average Bonchev–Trinajstić information content (AvgIpc) is 2.55. The van der Waals surface area contributed by atoms with Crippen molar-refractivity contribution in [1.82, 2.24) is 10.2 Å². The van der Waals surface area contributed by atoms with E-state index < -0.39 is 20.4 Å². The first kappa shape index (κ1) is 19.7. The molecule has 1 heterocycles. The summed E-state index contributed by atoms with van der Waals surface area (Å²) in [5.41, 5.74) is 1.02. The third kappa shape index (κ3) is 4.49. The van der Waals surface area contributed by atoms with E-state index in [0.717, 1.165) is 5.56 Å². The molecule has 6 nitrogen and oxygen atoms in total. The molecule has 2 rings (SSSR count). The van der Waals surface area contributed by atoms with Crippen LogP contribution < -0.4 is 5.32 Å². The maximum Gasteiger partial charge on any atom is 0.194 e. The van der Waals surface area contributed by atoms with Gasteiger partial charge < -0.3 is 15.3 Å². The van der Waals surface area contributed by atoms with E-state index in [9.17, 15) is 12.8 Å². The number of halogens is 1. The number of aliphatic imine (C=N–C) groups is 1. The van der Waals surface area contributed by atoms with Crippen LogP contribution >= 0.6 is 0 Å². The van der Waals surface area contributed by atoms with Gasteiger partial charge in [-0.3, -0.25) is 0 Å². The summed E-state index contributed by atoms with van der Waals surface area (Å²) in [6.45, 7) is 6.78. The summed E-state index contributed by atoms with van der Waals surface area (Å²) in [6, 6.07) is 4.54. The molecule has 1 saturated heterocycles. The van der Waals surface area contributed by atoms with Gasteiger partial charge in [-0.2, -0.15) is 0 Å². The molecule has 1 aromatic rings. The van der Waals surface area contributed by atoms with Crippen LogP contribution in [-0.2, 0) is 23.0 Å². The minimum atomic E-state index is -3.12. The topological polar surface area (TPSA) is 82.0 Å². The van der Waals surface area contributed by atoms with Gasteiger partial charge in [0, 0.05) is 25.2 Å². The van der Waals surface area contributed by atoms with Gasteiger partial charge in [0.25, 0.3) is 0 Å².